The molecule has 0 saturated heterocycles. The lowest BCUT2D eigenvalue weighted by molar-refractivity contribution is -0.138. The minimum absolute atomic E-state index is 0.0133. The van der Waals surface area contributed by atoms with E-state index in [1.807, 2.05) is 68.4 Å². The van der Waals surface area contributed by atoms with Gasteiger partial charge in [0, 0.05) is 5.92 Å². The maximum absolute atomic E-state index is 12.4. The van der Waals surface area contributed by atoms with E-state index in [4.69, 9.17) is 5.11 Å². The molecule has 1 amide bonds. The molecular weight excluding hydrogens is 314 g/mol. The van der Waals surface area contributed by atoms with Crippen LogP contribution in [0.1, 0.15) is 49.4 Å². The van der Waals surface area contributed by atoms with Crippen molar-refractivity contribution in [1.82, 2.24) is 5.32 Å². The van der Waals surface area contributed by atoms with Crippen molar-refractivity contribution in [1.29, 1.82) is 0 Å². The van der Waals surface area contributed by atoms with Gasteiger partial charge in [-0.1, -0.05) is 61.5 Å². The molecule has 0 bridgehead atoms. The van der Waals surface area contributed by atoms with Gasteiger partial charge in [-0.25, -0.2) is 0 Å². The normalized spacial score (nSPS) is 14.4. The number of carboxylic acid groups (broad SMARTS) is 1. The van der Waals surface area contributed by atoms with Gasteiger partial charge in [0.15, 0.2) is 0 Å². The summed E-state index contributed by atoms with van der Waals surface area (Å²) in [5.74, 6) is -1.51. The molecule has 0 heterocycles. The van der Waals surface area contributed by atoms with Crippen molar-refractivity contribution in [2.45, 2.75) is 39.2 Å². The molecule has 0 spiro atoms. The van der Waals surface area contributed by atoms with Crippen LogP contribution in [0.5, 0.6) is 0 Å². The molecule has 2 aromatic carbocycles. The van der Waals surface area contributed by atoms with Crippen LogP contribution >= 0.6 is 0 Å². The van der Waals surface area contributed by atoms with E-state index in [9.17, 15) is 9.59 Å². The van der Waals surface area contributed by atoms with Crippen LogP contribution < -0.4 is 5.32 Å². The first kappa shape index (κ1) is 18.7. The number of rotatable bonds is 7. The van der Waals surface area contributed by atoms with Gasteiger partial charge in [0.05, 0.1) is 12.0 Å². The zero-order valence-electron chi connectivity index (χ0n) is 14.9. The predicted octanol–water partition coefficient (Wildman–Crippen LogP) is 3.93. The highest BCUT2D eigenvalue weighted by molar-refractivity contribution is 5.79. The second-order valence-corrected chi connectivity index (χ2v) is 6.55. The number of hydrogen-bond donors (Lipinski definition) is 2. The third-order valence-electron chi connectivity index (χ3n) is 4.50. The Morgan fingerprint density at radius 3 is 2.08 bits per heavy atom. The standard InChI is InChI=1S/C21H25NO3/c1-14(20(23)22-16(3)19-7-5-4-6-8-19)13-17-9-11-18(12-10-17)15(2)21(24)25/h4-12,14-16H,13H2,1-3H3,(H,22,23)(H,24,25)/t14?,15-,16-/m0/s1. The Morgan fingerprint density at radius 2 is 1.52 bits per heavy atom. The fraction of sp³-hybridized carbons (Fsp3) is 0.333. The molecule has 2 aromatic rings. The Balaban J connectivity index is 1.93. The second-order valence-electron chi connectivity index (χ2n) is 6.55. The van der Waals surface area contributed by atoms with Crippen molar-refractivity contribution in [2.75, 3.05) is 0 Å². The zero-order chi connectivity index (χ0) is 18.4. The molecule has 2 N–H and O–H groups in total. The Bertz CT molecular complexity index is 710. The van der Waals surface area contributed by atoms with E-state index in [2.05, 4.69) is 5.32 Å². The van der Waals surface area contributed by atoms with Gasteiger partial charge < -0.3 is 10.4 Å². The number of hydrogen-bond acceptors (Lipinski definition) is 2. The summed E-state index contributed by atoms with van der Waals surface area (Å²) in [4.78, 5) is 23.4. The molecule has 0 fully saturated rings. The lowest BCUT2D eigenvalue weighted by Crippen LogP contribution is -2.32. The van der Waals surface area contributed by atoms with Crippen molar-refractivity contribution in [3.05, 3.63) is 71.3 Å². The van der Waals surface area contributed by atoms with Gasteiger partial charge in [-0.15, -0.1) is 0 Å². The highest BCUT2D eigenvalue weighted by Gasteiger charge is 2.17. The van der Waals surface area contributed by atoms with Gasteiger partial charge in [-0.05, 0) is 37.0 Å². The predicted molar refractivity (Wildman–Crippen MR) is 98.4 cm³/mol. The number of carbonyl (C=O) groups is 2. The van der Waals surface area contributed by atoms with Crippen LogP contribution in [-0.4, -0.2) is 17.0 Å². The van der Waals surface area contributed by atoms with Gasteiger partial charge in [0.1, 0.15) is 0 Å². The molecule has 0 aliphatic carbocycles. The number of amides is 1. The van der Waals surface area contributed by atoms with Crippen LogP contribution in [0.15, 0.2) is 54.6 Å². The summed E-state index contributed by atoms with van der Waals surface area (Å²) < 4.78 is 0. The van der Waals surface area contributed by atoms with Crippen LogP contribution in [0.25, 0.3) is 0 Å². The molecule has 0 aromatic heterocycles. The van der Waals surface area contributed by atoms with Crippen molar-refractivity contribution in [3.8, 4) is 0 Å². The zero-order valence-corrected chi connectivity index (χ0v) is 14.9. The summed E-state index contributed by atoms with van der Waals surface area (Å²) in [5.41, 5.74) is 2.87. The van der Waals surface area contributed by atoms with Crippen molar-refractivity contribution in [2.24, 2.45) is 5.92 Å². The summed E-state index contributed by atoms with van der Waals surface area (Å²) in [6.45, 7) is 5.54. The summed E-state index contributed by atoms with van der Waals surface area (Å²) in [6.07, 6.45) is 0.620. The van der Waals surface area contributed by atoms with Crippen LogP contribution in [0, 0.1) is 5.92 Å². The van der Waals surface area contributed by atoms with E-state index in [-0.39, 0.29) is 17.9 Å². The molecule has 0 aliphatic heterocycles. The van der Waals surface area contributed by atoms with E-state index in [1.165, 1.54) is 0 Å². The second kappa shape index (κ2) is 8.47. The van der Waals surface area contributed by atoms with E-state index < -0.39 is 11.9 Å². The number of carboxylic acids is 1. The molecule has 2 rings (SSSR count). The van der Waals surface area contributed by atoms with Gasteiger partial charge in [-0.2, -0.15) is 0 Å². The molecule has 4 heteroatoms. The molecule has 0 saturated carbocycles. The fourth-order valence-corrected chi connectivity index (χ4v) is 2.71. The van der Waals surface area contributed by atoms with E-state index in [0.717, 1.165) is 16.7 Å². The first-order valence-corrected chi connectivity index (χ1v) is 8.55. The molecule has 0 aliphatic rings. The number of aliphatic carboxylic acids is 1. The van der Waals surface area contributed by atoms with Crippen molar-refractivity contribution >= 4 is 11.9 Å². The van der Waals surface area contributed by atoms with E-state index in [1.54, 1.807) is 6.92 Å². The SMILES string of the molecule is CC(Cc1ccc([C@H](C)C(=O)O)cc1)C(=O)N[C@@H](C)c1ccccc1. The van der Waals surface area contributed by atoms with Gasteiger partial charge in [0.2, 0.25) is 5.91 Å². The van der Waals surface area contributed by atoms with Gasteiger partial charge in [-0.3, -0.25) is 9.59 Å². The number of nitrogens with one attached hydrogen (secondary N) is 1. The minimum atomic E-state index is -0.838. The van der Waals surface area contributed by atoms with Crippen LogP contribution in [0.4, 0.5) is 0 Å². The first-order valence-electron chi connectivity index (χ1n) is 8.55. The molecular formula is C21H25NO3. The monoisotopic (exact) mass is 339 g/mol. The maximum atomic E-state index is 12.4. The fourth-order valence-electron chi connectivity index (χ4n) is 2.71. The van der Waals surface area contributed by atoms with Crippen LogP contribution in [0.3, 0.4) is 0 Å². The summed E-state index contributed by atoms with van der Waals surface area (Å²) >= 11 is 0. The highest BCUT2D eigenvalue weighted by atomic mass is 16.4. The van der Waals surface area contributed by atoms with E-state index >= 15 is 0 Å². The van der Waals surface area contributed by atoms with Gasteiger partial charge >= 0.3 is 5.97 Å². The Labute approximate surface area is 148 Å². The summed E-state index contributed by atoms with van der Waals surface area (Å²) in [5, 5.41) is 12.1. The Kier molecular flexibility index (Phi) is 6.34. The average molecular weight is 339 g/mol. The smallest absolute Gasteiger partial charge is 0.310 e. The lowest BCUT2D eigenvalue weighted by atomic mass is 9.95. The lowest BCUT2D eigenvalue weighted by Gasteiger charge is -2.18. The Morgan fingerprint density at radius 1 is 0.920 bits per heavy atom. The minimum Gasteiger partial charge on any atom is -0.481 e. The maximum Gasteiger partial charge on any atom is 0.310 e. The third-order valence-corrected chi connectivity index (χ3v) is 4.50. The molecule has 132 valence electrons. The summed E-state index contributed by atoms with van der Waals surface area (Å²) in [7, 11) is 0. The first-order chi connectivity index (χ1) is 11.9. The topological polar surface area (TPSA) is 66.4 Å². The molecule has 4 nitrogen and oxygen atoms in total. The number of benzene rings is 2. The van der Waals surface area contributed by atoms with E-state index in [0.29, 0.717) is 6.42 Å². The third kappa shape index (κ3) is 5.18. The van der Waals surface area contributed by atoms with Crippen molar-refractivity contribution in [3.63, 3.8) is 0 Å². The molecule has 25 heavy (non-hydrogen) atoms. The van der Waals surface area contributed by atoms with Crippen LogP contribution in [-0.2, 0) is 16.0 Å². The molecule has 1 unspecified atom stereocenters. The molecule has 0 radical (unpaired) electrons. The Hall–Kier alpha value is -2.62. The van der Waals surface area contributed by atoms with Crippen LogP contribution in [0.2, 0.25) is 0 Å². The quantitative estimate of drug-likeness (QED) is 0.803. The van der Waals surface area contributed by atoms with Gasteiger partial charge in [0.25, 0.3) is 0 Å². The van der Waals surface area contributed by atoms with Crippen molar-refractivity contribution < 1.29 is 14.7 Å². The molecule has 3 atom stereocenters. The number of carbonyl (C=O) groups excluding carboxylic acids is 1. The largest absolute Gasteiger partial charge is 0.481 e. The summed E-state index contributed by atoms with van der Waals surface area (Å²) in [6, 6.07) is 17.3. The highest BCUT2D eigenvalue weighted by Crippen LogP contribution is 2.18. The average Bonchev–Trinajstić information content (AvgIpc) is 2.62.